The number of fused-ring (bicyclic) bond motifs is 1. The van der Waals surface area contributed by atoms with Crippen molar-refractivity contribution in [3.63, 3.8) is 0 Å². The van der Waals surface area contributed by atoms with Gasteiger partial charge in [-0.3, -0.25) is 0 Å². The normalized spacial score (nSPS) is 21.3. The zero-order chi connectivity index (χ0) is 20.6. The first-order chi connectivity index (χ1) is 13.9. The summed E-state index contributed by atoms with van der Waals surface area (Å²) in [6.45, 7) is 9.57. The van der Waals surface area contributed by atoms with Crippen LogP contribution in [0, 0.1) is 17.2 Å². The van der Waals surface area contributed by atoms with E-state index in [1.165, 1.54) is 12.5 Å². The van der Waals surface area contributed by atoms with Crippen LogP contribution in [0.1, 0.15) is 53.0 Å². The third-order valence-electron chi connectivity index (χ3n) is 5.82. The minimum absolute atomic E-state index is 0.253. The van der Waals surface area contributed by atoms with Gasteiger partial charge < -0.3 is 14.6 Å². The number of nitrogens with one attached hydrogen (secondary N) is 1. The van der Waals surface area contributed by atoms with E-state index in [1.54, 1.807) is 6.07 Å². The molecular weight excluding hydrogens is 365 g/mol. The summed E-state index contributed by atoms with van der Waals surface area (Å²) in [6.07, 6.45) is 3.34. The van der Waals surface area contributed by atoms with Crippen molar-refractivity contribution in [2.75, 3.05) is 11.9 Å². The summed E-state index contributed by atoms with van der Waals surface area (Å²) in [6, 6.07) is 13.3. The van der Waals surface area contributed by atoms with E-state index >= 15 is 0 Å². The maximum absolute atomic E-state index is 14.5. The van der Waals surface area contributed by atoms with E-state index in [0.29, 0.717) is 24.0 Å². The predicted molar refractivity (Wildman–Crippen MR) is 116 cm³/mol. The molecule has 2 aromatic carbocycles. The number of hydrogen-bond acceptors (Lipinski definition) is 3. The topological polar surface area (TPSA) is 39.1 Å². The number of para-hydroxylation sites is 1. The van der Waals surface area contributed by atoms with Gasteiger partial charge in [-0.05, 0) is 73.9 Å². The summed E-state index contributed by atoms with van der Waals surface area (Å²) < 4.78 is 22.3. The average molecular weight is 396 g/mol. The van der Waals surface area contributed by atoms with E-state index in [-0.39, 0.29) is 17.3 Å². The van der Waals surface area contributed by atoms with Crippen LogP contribution in [0.4, 0.5) is 16.0 Å². The first kappa shape index (κ1) is 19.7. The number of aromatic nitrogens is 2. The molecule has 1 aliphatic rings. The van der Waals surface area contributed by atoms with Crippen molar-refractivity contribution in [2.24, 2.45) is 11.3 Å². The molecule has 0 aliphatic heterocycles. The van der Waals surface area contributed by atoms with E-state index in [0.717, 1.165) is 29.8 Å². The highest BCUT2D eigenvalue weighted by atomic mass is 19.1. The fourth-order valence-electron chi connectivity index (χ4n) is 4.96. The minimum Gasteiger partial charge on any atom is -0.494 e. The molecule has 154 valence electrons. The third-order valence-corrected chi connectivity index (χ3v) is 5.82. The molecule has 5 heteroatoms. The van der Waals surface area contributed by atoms with Gasteiger partial charge >= 0.3 is 0 Å². The second kappa shape index (κ2) is 7.69. The van der Waals surface area contributed by atoms with Crippen LogP contribution < -0.4 is 10.1 Å². The van der Waals surface area contributed by atoms with Crippen LogP contribution in [-0.4, -0.2) is 16.2 Å². The van der Waals surface area contributed by atoms with Crippen molar-refractivity contribution in [2.45, 2.75) is 53.0 Å². The van der Waals surface area contributed by atoms with Gasteiger partial charge in [0.1, 0.15) is 11.3 Å². The molecule has 1 N–H and O–H groups in total. The van der Waals surface area contributed by atoms with Crippen molar-refractivity contribution < 1.29 is 9.13 Å². The molecule has 1 fully saturated rings. The molecule has 29 heavy (non-hydrogen) atoms. The van der Waals surface area contributed by atoms with E-state index in [2.05, 4.69) is 35.6 Å². The Hall–Kier alpha value is -2.56. The van der Waals surface area contributed by atoms with Crippen molar-refractivity contribution in [3.8, 4) is 5.75 Å². The molecule has 4 nitrogen and oxygen atoms in total. The van der Waals surface area contributed by atoms with Crippen LogP contribution in [0.5, 0.6) is 5.75 Å². The lowest BCUT2D eigenvalue weighted by molar-refractivity contribution is 0.140. The fourth-order valence-corrected chi connectivity index (χ4v) is 4.96. The predicted octanol–water partition coefficient (Wildman–Crippen LogP) is 6.71. The lowest BCUT2D eigenvalue weighted by atomic mass is 9.70. The molecule has 0 spiro atoms. The number of rotatable bonds is 5. The van der Waals surface area contributed by atoms with Gasteiger partial charge in [0.15, 0.2) is 5.82 Å². The van der Waals surface area contributed by atoms with Gasteiger partial charge in [-0.15, -0.1) is 0 Å². The molecule has 0 unspecified atom stereocenters. The highest BCUT2D eigenvalue weighted by Gasteiger charge is 2.34. The molecule has 1 saturated carbocycles. The quantitative estimate of drug-likeness (QED) is 0.522. The summed E-state index contributed by atoms with van der Waals surface area (Å²) in [4.78, 5) is 4.66. The smallest absolute Gasteiger partial charge is 0.208 e. The molecule has 3 aromatic rings. The summed E-state index contributed by atoms with van der Waals surface area (Å²) in [5, 5.41) is 3.43. The Labute approximate surface area is 172 Å². The molecular formula is C24H30FN3O. The zero-order valence-electron chi connectivity index (χ0n) is 17.7. The Morgan fingerprint density at radius 2 is 1.93 bits per heavy atom. The number of ether oxygens (including phenoxy) is 1. The molecule has 1 aliphatic carbocycles. The summed E-state index contributed by atoms with van der Waals surface area (Å²) in [5.74, 6) is 1.87. The molecule has 0 amide bonds. The molecule has 0 radical (unpaired) electrons. The van der Waals surface area contributed by atoms with Gasteiger partial charge in [0.05, 0.1) is 12.1 Å². The molecule has 0 saturated heterocycles. The number of imidazole rings is 1. The third kappa shape index (κ3) is 4.09. The summed E-state index contributed by atoms with van der Waals surface area (Å²) >= 11 is 0. The highest BCUT2D eigenvalue weighted by molar-refractivity contribution is 5.80. The summed E-state index contributed by atoms with van der Waals surface area (Å²) in [5.41, 5.74) is 2.45. The van der Waals surface area contributed by atoms with Gasteiger partial charge in [0.2, 0.25) is 5.95 Å². The van der Waals surface area contributed by atoms with E-state index < -0.39 is 0 Å². The van der Waals surface area contributed by atoms with Crippen LogP contribution in [0.15, 0.2) is 42.5 Å². The number of anilines is 2. The van der Waals surface area contributed by atoms with Gasteiger partial charge in [0.25, 0.3) is 0 Å². The van der Waals surface area contributed by atoms with E-state index in [4.69, 9.17) is 4.74 Å². The Morgan fingerprint density at radius 3 is 2.62 bits per heavy atom. The maximum Gasteiger partial charge on any atom is 0.208 e. The first-order valence-electron chi connectivity index (χ1n) is 10.5. The van der Waals surface area contributed by atoms with Crippen LogP contribution in [0.2, 0.25) is 0 Å². The van der Waals surface area contributed by atoms with Crippen molar-refractivity contribution >= 4 is 22.7 Å². The fraction of sp³-hybridized carbons (Fsp3) is 0.458. The number of halogens is 1. The minimum atomic E-state index is -0.279. The maximum atomic E-state index is 14.5. The molecule has 1 aromatic heterocycles. The molecule has 1 heterocycles. The number of hydrogen-bond donors (Lipinski definition) is 1. The lowest BCUT2D eigenvalue weighted by Crippen LogP contribution is -2.29. The van der Waals surface area contributed by atoms with Gasteiger partial charge in [-0.1, -0.05) is 26.8 Å². The standard InChI is InChI=1S/C24H30FN3O/c1-5-29-19-11-9-17(10-12-19)26-23-27-22-20(25)7-6-8-21(22)28(23)18-13-16(2)14-24(3,4)15-18/h6-12,16,18H,5,13-15H2,1-4H3,(H,26,27)/t16-,18+/m0/s1. The second-order valence-electron chi connectivity index (χ2n) is 9.06. The number of benzene rings is 2. The van der Waals surface area contributed by atoms with Crippen molar-refractivity contribution in [1.29, 1.82) is 0 Å². The van der Waals surface area contributed by atoms with Crippen LogP contribution in [0.25, 0.3) is 11.0 Å². The van der Waals surface area contributed by atoms with Gasteiger partial charge in [-0.2, -0.15) is 0 Å². The first-order valence-corrected chi connectivity index (χ1v) is 10.5. The Bertz CT molecular complexity index is 993. The Morgan fingerprint density at radius 1 is 1.17 bits per heavy atom. The van der Waals surface area contributed by atoms with E-state index in [9.17, 15) is 4.39 Å². The summed E-state index contributed by atoms with van der Waals surface area (Å²) in [7, 11) is 0. The monoisotopic (exact) mass is 395 g/mol. The molecule has 4 rings (SSSR count). The van der Waals surface area contributed by atoms with Gasteiger partial charge in [-0.25, -0.2) is 9.37 Å². The van der Waals surface area contributed by atoms with Crippen LogP contribution in [-0.2, 0) is 0 Å². The average Bonchev–Trinajstić information content (AvgIpc) is 3.01. The van der Waals surface area contributed by atoms with E-state index in [1.807, 2.05) is 37.3 Å². The second-order valence-corrected chi connectivity index (χ2v) is 9.06. The Kier molecular flexibility index (Phi) is 5.24. The molecule has 2 atom stereocenters. The number of nitrogens with zero attached hydrogens (tertiary/aromatic N) is 2. The molecule has 0 bridgehead atoms. The van der Waals surface area contributed by atoms with Crippen molar-refractivity contribution in [3.05, 3.63) is 48.3 Å². The van der Waals surface area contributed by atoms with Gasteiger partial charge in [0, 0.05) is 11.7 Å². The SMILES string of the molecule is CCOc1ccc(Nc2nc3c(F)cccc3n2[C@@H]2C[C@H](C)CC(C)(C)C2)cc1. The zero-order valence-corrected chi connectivity index (χ0v) is 17.7. The van der Waals surface area contributed by atoms with Crippen LogP contribution in [0.3, 0.4) is 0 Å². The van der Waals surface area contributed by atoms with Crippen molar-refractivity contribution in [1.82, 2.24) is 9.55 Å². The lowest BCUT2D eigenvalue weighted by Gasteiger charge is -2.40. The Balaban J connectivity index is 1.75. The largest absolute Gasteiger partial charge is 0.494 e. The van der Waals surface area contributed by atoms with Crippen LogP contribution >= 0.6 is 0 Å². The highest BCUT2D eigenvalue weighted by Crippen LogP contribution is 2.46.